The second-order valence-electron chi connectivity index (χ2n) is 9.46. The molecule has 1 aromatic carbocycles. The summed E-state index contributed by atoms with van der Waals surface area (Å²) >= 11 is 0. The molecule has 176 valence electrons. The van der Waals surface area contributed by atoms with Gasteiger partial charge in [-0.25, -0.2) is 9.18 Å². The molecule has 33 heavy (non-hydrogen) atoms. The number of alkyl carbamates (subject to hydrolysis) is 1. The number of amides is 2. The minimum absolute atomic E-state index is 0.181. The lowest BCUT2D eigenvalue weighted by Crippen LogP contribution is -2.50. The first-order valence-corrected chi connectivity index (χ1v) is 11.2. The van der Waals surface area contributed by atoms with E-state index < -0.39 is 17.7 Å². The van der Waals surface area contributed by atoms with E-state index in [1.165, 1.54) is 6.08 Å². The lowest BCUT2D eigenvalue weighted by Gasteiger charge is -2.29. The van der Waals surface area contributed by atoms with Gasteiger partial charge in [0.25, 0.3) is 0 Å². The normalized spacial score (nSPS) is 17.0. The fourth-order valence-electron chi connectivity index (χ4n) is 4.03. The van der Waals surface area contributed by atoms with Crippen molar-refractivity contribution in [1.82, 2.24) is 10.3 Å². The van der Waals surface area contributed by atoms with Crippen LogP contribution in [-0.4, -0.2) is 28.6 Å². The van der Waals surface area contributed by atoms with Gasteiger partial charge in [0, 0.05) is 23.1 Å². The average molecular weight is 454 g/mol. The summed E-state index contributed by atoms with van der Waals surface area (Å²) in [4.78, 5) is 29.9. The molecule has 2 N–H and O–H groups in total. The van der Waals surface area contributed by atoms with E-state index in [4.69, 9.17) is 4.74 Å². The zero-order valence-corrected chi connectivity index (χ0v) is 19.9. The van der Waals surface area contributed by atoms with Crippen LogP contribution in [-0.2, 0) is 9.53 Å². The summed E-state index contributed by atoms with van der Waals surface area (Å²) in [6.45, 7) is 9.27. The van der Waals surface area contributed by atoms with Crippen molar-refractivity contribution in [2.45, 2.75) is 65.5 Å². The van der Waals surface area contributed by atoms with E-state index in [9.17, 15) is 14.0 Å². The van der Waals surface area contributed by atoms with Crippen LogP contribution < -0.4 is 10.6 Å². The van der Waals surface area contributed by atoms with Crippen LogP contribution in [0.25, 0.3) is 11.1 Å². The molecule has 2 amide bonds. The maximum atomic E-state index is 13.5. The largest absolute Gasteiger partial charge is 0.444 e. The fraction of sp³-hybridized carbons (Fsp3) is 0.423. The topological polar surface area (TPSA) is 80.3 Å². The van der Waals surface area contributed by atoms with Gasteiger partial charge < -0.3 is 15.4 Å². The molecule has 1 aromatic heterocycles. The molecule has 2 unspecified atom stereocenters. The smallest absolute Gasteiger partial charge is 0.408 e. The first-order valence-electron chi connectivity index (χ1n) is 11.2. The van der Waals surface area contributed by atoms with Crippen molar-refractivity contribution < 1.29 is 18.7 Å². The number of carbonyl (C=O) groups is 2. The highest BCUT2D eigenvalue weighted by molar-refractivity contribution is 5.97. The molecule has 6 nitrogen and oxygen atoms in total. The highest BCUT2D eigenvalue weighted by atomic mass is 19.1. The Morgan fingerprint density at radius 2 is 1.85 bits per heavy atom. The van der Waals surface area contributed by atoms with Crippen molar-refractivity contribution in [3.63, 3.8) is 0 Å². The van der Waals surface area contributed by atoms with Crippen molar-refractivity contribution in [3.05, 3.63) is 59.7 Å². The summed E-state index contributed by atoms with van der Waals surface area (Å²) in [5.74, 6) is -0.765. The fourth-order valence-corrected chi connectivity index (χ4v) is 4.03. The summed E-state index contributed by atoms with van der Waals surface area (Å²) in [5, 5.41) is 5.58. The van der Waals surface area contributed by atoms with E-state index in [2.05, 4.69) is 15.6 Å². The monoisotopic (exact) mass is 453 g/mol. The van der Waals surface area contributed by atoms with E-state index in [1.807, 2.05) is 44.2 Å². The lowest BCUT2D eigenvalue weighted by molar-refractivity contribution is -0.119. The van der Waals surface area contributed by atoms with Crippen molar-refractivity contribution in [2.75, 3.05) is 5.32 Å². The second-order valence-corrected chi connectivity index (χ2v) is 9.46. The summed E-state index contributed by atoms with van der Waals surface area (Å²) in [6, 6.07) is 8.64. The SMILES string of the molecule is Cc1ccnc(C)c1-c1ccc(NC(=O)C(NC(=O)OC(C)(C)C)C2CC=C(F)CC2)cc1. The van der Waals surface area contributed by atoms with Crippen LogP contribution in [0.5, 0.6) is 0 Å². The first-order chi connectivity index (χ1) is 15.5. The first kappa shape index (κ1) is 24.4. The number of halogens is 1. The van der Waals surface area contributed by atoms with Crippen molar-refractivity contribution >= 4 is 17.7 Å². The minimum Gasteiger partial charge on any atom is -0.444 e. The van der Waals surface area contributed by atoms with E-state index >= 15 is 0 Å². The number of nitrogens with zero attached hydrogens (tertiary/aromatic N) is 1. The highest BCUT2D eigenvalue weighted by Crippen LogP contribution is 2.29. The third kappa shape index (κ3) is 6.63. The number of hydrogen-bond donors (Lipinski definition) is 2. The van der Waals surface area contributed by atoms with Crippen LogP contribution in [0.1, 0.15) is 51.3 Å². The molecule has 0 radical (unpaired) electrons. The number of aryl methyl sites for hydroxylation is 2. The Hall–Kier alpha value is -3.22. The maximum Gasteiger partial charge on any atom is 0.408 e. The van der Waals surface area contributed by atoms with Crippen LogP contribution in [0.15, 0.2) is 48.4 Å². The van der Waals surface area contributed by atoms with Gasteiger partial charge in [-0.2, -0.15) is 0 Å². The van der Waals surface area contributed by atoms with Crippen molar-refractivity contribution in [2.24, 2.45) is 5.92 Å². The Balaban J connectivity index is 1.76. The number of aromatic nitrogens is 1. The molecule has 0 bridgehead atoms. The van der Waals surface area contributed by atoms with Gasteiger partial charge in [0.2, 0.25) is 5.91 Å². The number of nitrogens with one attached hydrogen (secondary N) is 2. The molecule has 1 aliphatic rings. The van der Waals surface area contributed by atoms with Gasteiger partial charge in [0.15, 0.2) is 0 Å². The van der Waals surface area contributed by atoms with E-state index in [-0.39, 0.29) is 24.1 Å². The number of rotatable bonds is 5. The van der Waals surface area contributed by atoms with Crippen molar-refractivity contribution in [3.8, 4) is 11.1 Å². The number of allylic oxidation sites excluding steroid dienone is 2. The number of pyridine rings is 1. The van der Waals surface area contributed by atoms with Gasteiger partial charge in [0.05, 0.1) is 5.83 Å². The number of benzene rings is 1. The molecule has 0 fully saturated rings. The van der Waals surface area contributed by atoms with Gasteiger partial charge in [-0.15, -0.1) is 0 Å². The molecule has 0 spiro atoms. The number of ether oxygens (including phenoxy) is 1. The zero-order valence-electron chi connectivity index (χ0n) is 19.9. The predicted molar refractivity (Wildman–Crippen MR) is 127 cm³/mol. The van der Waals surface area contributed by atoms with Crippen LogP contribution in [0.4, 0.5) is 14.9 Å². The number of hydrogen-bond acceptors (Lipinski definition) is 4. The van der Waals surface area contributed by atoms with Gasteiger partial charge >= 0.3 is 6.09 Å². The van der Waals surface area contributed by atoms with Gasteiger partial charge in [-0.1, -0.05) is 18.2 Å². The maximum absolute atomic E-state index is 13.5. The summed E-state index contributed by atoms with van der Waals surface area (Å²) < 4.78 is 18.9. The van der Waals surface area contributed by atoms with E-state index in [0.29, 0.717) is 18.5 Å². The van der Waals surface area contributed by atoms with Crippen LogP contribution in [0, 0.1) is 19.8 Å². The molecule has 0 saturated heterocycles. The average Bonchev–Trinajstić information content (AvgIpc) is 2.72. The van der Waals surface area contributed by atoms with E-state index in [0.717, 1.165) is 22.4 Å². The Morgan fingerprint density at radius 3 is 2.42 bits per heavy atom. The highest BCUT2D eigenvalue weighted by Gasteiger charge is 2.32. The molecular formula is C26H32FN3O3. The molecule has 0 saturated carbocycles. The van der Waals surface area contributed by atoms with Gasteiger partial charge in [0.1, 0.15) is 11.6 Å². The Bertz CT molecular complexity index is 1020. The Labute approximate surface area is 194 Å². The third-order valence-electron chi connectivity index (χ3n) is 5.61. The molecule has 3 rings (SSSR count). The van der Waals surface area contributed by atoms with Crippen LogP contribution in [0.2, 0.25) is 0 Å². The quantitative estimate of drug-likeness (QED) is 0.595. The predicted octanol–water partition coefficient (Wildman–Crippen LogP) is 5.85. The Morgan fingerprint density at radius 1 is 1.15 bits per heavy atom. The van der Waals surface area contributed by atoms with E-state index in [1.54, 1.807) is 27.0 Å². The number of carbonyl (C=O) groups excluding carboxylic acids is 2. The molecular weight excluding hydrogens is 421 g/mol. The molecule has 2 aromatic rings. The second kappa shape index (κ2) is 10.1. The van der Waals surface area contributed by atoms with Crippen LogP contribution in [0.3, 0.4) is 0 Å². The van der Waals surface area contributed by atoms with Crippen molar-refractivity contribution in [1.29, 1.82) is 0 Å². The molecule has 7 heteroatoms. The van der Waals surface area contributed by atoms with Gasteiger partial charge in [-0.3, -0.25) is 9.78 Å². The summed E-state index contributed by atoms with van der Waals surface area (Å²) in [5.41, 5.74) is 4.05. The molecule has 2 atom stereocenters. The molecule has 1 heterocycles. The standard InChI is InChI=1S/C26H32FN3O3/c1-16-14-15-28-17(2)22(16)18-8-12-21(13-9-18)29-24(31)23(19-6-10-20(27)11-7-19)30-25(32)33-26(3,4)5/h8-10,12-15,19,23H,6-7,11H2,1-5H3,(H,29,31)(H,30,32). The molecule has 1 aliphatic carbocycles. The lowest BCUT2D eigenvalue weighted by atomic mass is 9.86. The van der Waals surface area contributed by atoms with Crippen LogP contribution >= 0.6 is 0 Å². The third-order valence-corrected chi connectivity index (χ3v) is 5.61. The van der Waals surface area contributed by atoms with Gasteiger partial charge in [-0.05, 0) is 89.1 Å². The summed E-state index contributed by atoms with van der Waals surface area (Å²) in [7, 11) is 0. The summed E-state index contributed by atoms with van der Waals surface area (Å²) in [6.07, 6.45) is 3.69. The number of anilines is 1. The Kier molecular flexibility index (Phi) is 7.51. The minimum atomic E-state index is -0.841. The molecule has 0 aliphatic heterocycles. The zero-order chi connectivity index (χ0) is 24.2.